The van der Waals surface area contributed by atoms with Gasteiger partial charge >= 0.3 is 0 Å². The molecule has 0 unspecified atom stereocenters. The van der Waals surface area contributed by atoms with E-state index in [1.807, 2.05) is 6.07 Å². The summed E-state index contributed by atoms with van der Waals surface area (Å²) in [6.45, 7) is 4.68. The van der Waals surface area contributed by atoms with Crippen LogP contribution in [0.15, 0.2) is 55.1 Å². The summed E-state index contributed by atoms with van der Waals surface area (Å²) in [5.41, 5.74) is 12.9. The molecule has 21 heavy (non-hydrogen) atoms. The summed E-state index contributed by atoms with van der Waals surface area (Å²) in [5.74, 6) is 0. The fraction of sp³-hybridized carbons (Fsp3) is 0.111. The third kappa shape index (κ3) is 1.71. The number of aromatic nitrogens is 1. The molecule has 0 saturated carbocycles. The number of para-hydroxylation sites is 2. The highest BCUT2D eigenvalue weighted by Gasteiger charge is 2.22. The number of hydrogen-bond donors (Lipinski definition) is 2. The van der Waals surface area contributed by atoms with Gasteiger partial charge in [0.25, 0.3) is 0 Å². The lowest BCUT2D eigenvalue weighted by molar-refractivity contribution is 0.751. The minimum atomic E-state index is 0.451. The zero-order chi connectivity index (χ0) is 14.4. The van der Waals surface area contributed by atoms with Crippen molar-refractivity contribution in [3.8, 4) is 0 Å². The van der Waals surface area contributed by atoms with Crippen LogP contribution in [0.2, 0.25) is 0 Å². The number of nitrogens with one attached hydrogen (secondary N) is 1. The average molecular weight is 275 g/mol. The van der Waals surface area contributed by atoms with E-state index in [9.17, 15) is 0 Å². The highest BCUT2D eigenvalue weighted by molar-refractivity contribution is 5.93. The normalized spacial score (nSPS) is 13.5. The topological polar surface area (TPSA) is 43.0 Å². The van der Waals surface area contributed by atoms with E-state index in [0.29, 0.717) is 6.67 Å². The number of nitrogens with two attached hydrogens (primary N) is 1. The third-order valence-electron chi connectivity index (χ3n) is 4.21. The Morgan fingerprint density at radius 2 is 1.86 bits per heavy atom. The van der Waals surface area contributed by atoms with Gasteiger partial charge in [0.15, 0.2) is 0 Å². The second-order valence-corrected chi connectivity index (χ2v) is 5.39. The Balaban J connectivity index is 2.06. The molecule has 0 spiro atoms. The van der Waals surface area contributed by atoms with Gasteiger partial charge in [0.2, 0.25) is 0 Å². The van der Waals surface area contributed by atoms with E-state index in [-0.39, 0.29) is 0 Å². The van der Waals surface area contributed by atoms with Crippen molar-refractivity contribution in [1.29, 1.82) is 0 Å². The first-order valence-electron chi connectivity index (χ1n) is 7.14. The molecule has 0 atom stereocenters. The van der Waals surface area contributed by atoms with E-state index in [0.717, 1.165) is 23.5 Å². The van der Waals surface area contributed by atoms with Crippen molar-refractivity contribution >= 4 is 22.3 Å². The highest BCUT2D eigenvalue weighted by Crippen LogP contribution is 2.36. The molecular weight excluding hydrogens is 258 g/mol. The summed E-state index contributed by atoms with van der Waals surface area (Å²) in [7, 11) is 0. The molecule has 0 fully saturated rings. The van der Waals surface area contributed by atoms with Crippen molar-refractivity contribution in [3.63, 3.8) is 0 Å². The number of benzene rings is 2. The van der Waals surface area contributed by atoms with Crippen LogP contribution in [-0.4, -0.2) is 4.57 Å². The minimum absolute atomic E-state index is 0.451. The van der Waals surface area contributed by atoms with Crippen molar-refractivity contribution in [2.75, 3.05) is 5.32 Å². The number of nitrogens with zero attached hydrogens (tertiary/aromatic N) is 1. The molecule has 3 heteroatoms. The quantitative estimate of drug-likeness (QED) is 0.713. The fourth-order valence-electron chi connectivity index (χ4n) is 3.30. The Morgan fingerprint density at radius 3 is 2.71 bits per heavy atom. The molecule has 3 aromatic rings. The summed E-state index contributed by atoms with van der Waals surface area (Å²) in [4.78, 5) is 0. The largest absolute Gasteiger partial charge is 0.354 e. The van der Waals surface area contributed by atoms with Gasteiger partial charge in [-0.2, -0.15) is 0 Å². The maximum atomic E-state index is 6.00. The van der Waals surface area contributed by atoms with Crippen molar-refractivity contribution in [2.45, 2.75) is 13.1 Å². The van der Waals surface area contributed by atoms with Gasteiger partial charge in [-0.05, 0) is 23.3 Å². The van der Waals surface area contributed by atoms with E-state index in [2.05, 4.69) is 58.9 Å². The minimum Gasteiger partial charge on any atom is -0.354 e. The second kappa shape index (κ2) is 4.50. The molecule has 0 aliphatic carbocycles. The van der Waals surface area contributed by atoms with Crippen molar-refractivity contribution in [1.82, 2.24) is 4.57 Å². The standard InChI is InChI=1S/C18H17N3/c1-12-18-15(10-13-6-2-4-8-16(13)20-12)14-7-3-5-9-17(14)21(18)11-19/h2-9,20H,1,10-11,19H2. The first kappa shape index (κ1) is 12.2. The van der Waals surface area contributed by atoms with Crippen molar-refractivity contribution in [3.05, 3.63) is 71.9 Å². The predicted octanol–water partition coefficient (Wildman–Crippen LogP) is 3.54. The molecular formula is C18H17N3. The third-order valence-corrected chi connectivity index (χ3v) is 4.21. The van der Waals surface area contributed by atoms with Gasteiger partial charge in [-0.25, -0.2) is 0 Å². The van der Waals surface area contributed by atoms with E-state index in [1.54, 1.807) is 0 Å². The fourth-order valence-corrected chi connectivity index (χ4v) is 3.30. The molecule has 104 valence electrons. The van der Waals surface area contributed by atoms with Crippen LogP contribution in [-0.2, 0) is 13.1 Å². The zero-order valence-electron chi connectivity index (χ0n) is 11.8. The SMILES string of the molecule is C=C1Nc2ccccc2Cc2c1n(CN)c1ccccc21. The summed E-state index contributed by atoms with van der Waals surface area (Å²) in [6.07, 6.45) is 0.894. The van der Waals surface area contributed by atoms with Gasteiger partial charge < -0.3 is 15.6 Å². The summed E-state index contributed by atoms with van der Waals surface area (Å²) in [6, 6.07) is 16.8. The number of anilines is 1. The molecule has 1 aliphatic rings. The lowest BCUT2D eigenvalue weighted by Crippen LogP contribution is -2.12. The van der Waals surface area contributed by atoms with Crippen LogP contribution in [0.4, 0.5) is 5.69 Å². The lowest BCUT2D eigenvalue weighted by Gasteiger charge is -2.12. The Morgan fingerprint density at radius 1 is 1.10 bits per heavy atom. The Bertz CT molecular complexity index is 858. The van der Waals surface area contributed by atoms with Crippen LogP contribution in [0.5, 0.6) is 0 Å². The van der Waals surface area contributed by atoms with Gasteiger partial charge in [0.05, 0.1) is 18.1 Å². The van der Waals surface area contributed by atoms with Crippen LogP contribution >= 0.6 is 0 Å². The van der Waals surface area contributed by atoms with Crippen LogP contribution in [0, 0.1) is 0 Å². The molecule has 3 nitrogen and oxygen atoms in total. The first-order chi connectivity index (χ1) is 10.3. The Kier molecular flexibility index (Phi) is 2.62. The lowest BCUT2D eigenvalue weighted by atomic mass is 10.0. The van der Waals surface area contributed by atoms with Gasteiger partial charge in [-0.3, -0.25) is 0 Å². The molecule has 1 aliphatic heterocycles. The molecule has 0 amide bonds. The second-order valence-electron chi connectivity index (χ2n) is 5.39. The first-order valence-corrected chi connectivity index (χ1v) is 7.14. The molecule has 4 rings (SSSR count). The van der Waals surface area contributed by atoms with E-state index in [1.165, 1.54) is 22.0 Å². The predicted molar refractivity (Wildman–Crippen MR) is 88.0 cm³/mol. The molecule has 0 saturated heterocycles. The van der Waals surface area contributed by atoms with Crippen molar-refractivity contribution < 1.29 is 0 Å². The molecule has 0 radical (unpaired) electrons. The molecule has 2 heterocycles. The Labute approximate surface area is 123 Å². The number of fused-ring (bicyclic) bond motifs is 4. The van der Waals surface area contributed by atoms with E-state index >= 15 is 0 Å². The Hall–Kier alpha value is -2.52. The molecule has 2 aromatic carbocycles. The van der Waals surface area contributed by atoms with Crippen LogP contribution in [0.3, 0.4) is 0 Å². The smallest absolute Gasteiger partial charge is 0.0707 e. The number of hydrogen-bond acceptors (Lipinski definition) is 2. The maximum absolute atomic E-state index is 6.00. The highest BCUT2D eigenvalue weighted by atomic mass is 15.1. The van der Waals surface area contributed by atoms with E-state index < -0.39 is 0 Å². The van der Waals surface area contributed by atoms with Crippen LogP contribution in [0.25, 0.3) is 16.6 Å². The maximum Gasteiger partial charge on any atom is 0.0707 e. The van der Waals surface area contributed by atoms with Crippen molar-refractivity contribution in [2.24, 2.45) is 5.73 Å². The van der Waals surface area contributed by atoms with Gasteiger partial charge in [-0.1, -0.05) is 43.0 Å². The average Bonchev–Trinajstić information content (AvgIpc) is 2.74. The van der Waals surface area contributed by atoms with Gasteiger partial charge in [-0.15, -0.1) is 0 Å². The van der Waals surface area contributed by atoms with E-state index in [4.69, 9.17) is 5.73 Å². The zero-order valence-corrected chi connectivity index (χ0v) is 11.8. The monoisotopic (exact) mass is 275 g/mol. The molecule has 3 N–H and O–H groups in total. The van der Waals surface area contributed by atoms with Gasteiger partial charge in [0, 0.05) is 23.0 Å². The molecule has 0 bridgehead atoms. The summed E-state index contributed by atoms with van der Waals surface area (Å²) in [5, 5.41) is 4.71. The summed E-state index contributed by atoms with van der Waals surface area (Å²) >= 11 is 0. The van der Waals surface area contributed by atoms with Crippen LogP contribution < -0.4 is 11.1 Å². The summed E-state index contributed by atoms with van der Waals surface area (Å²) < 4.78 is 2.14. The van der Waals surface area contributed by atoms with Crippen LogP contribution in [0.1, 0.15) is 16.8 Å². The number of rotatable bonds is 1. The van der Waals surface area contributed by atoms with Gasteiger partial charge in [0.1, 0.15) is 0 Å². The molecule has 1 aromatic heterocycles.